The average Bonchev–Trinajstić information content (AvgIpc) is 3.47. The van der Waals surface area contributed by atoms with Gasteiger partial charge < -0.3 is 14.4 Å². The summed E-state index contributed by atoms with van der Waals surface area (Å²) in [6.07, 6.45) is -4.37. The predicted octanol–water partition coefficient (Wildman–Crippen LogP) is 5.74. The summed E-state index contributed by atoms with van der Waals surface area (Å²) in [7, 11) is 0. The SMILES string of the molecule is O=C(Cn1c(-c2cccs2)cc2ccccc21)N1CCN(c2cccc(C(F)(F)F)c2)CC1. The molecule has 1 aliphatic heterocycles. The first-order chi connectivity index (χ1) is 15.9. The largest absolute Gasteiger partial charge is 0.416 e. The van der Waals surface area contributed by atoms with Gasteiger partial charge in [0.05, 0.1) is 16.1 Å². The zero-order valence-corrected chi connectivity index (χ0v) is 18.6. The van der Waals surface area contributed by atoms with Crippen LogP contribution in [-0.4, -0.2) is 41.6 Å². The second-order valence-corrected chi connectivity index (χ2v) is 9.02. The van der Waals surface area contributed by atoms with Gasteiger partial charge in [0.1, 0.15) is 6.54 Å². The van der Waals surface area contributed by atoms with Crippen LogP contribution in [-0.2, 0) is 17.5 Å². The molecule has 1 amide bonds. The molecule has 2 aromatic heterocycles. The molecule has 0 saturated carbocycles. The number of benzene rings is 2. The van der Waals surface area contributed by atoms with Gasteiger partial charge in [-0.25, -0.2) is 0 Å². The molecule has 0 spiro atoms. The van der Waals surface area contributed by atoms with Crippen molar-refractivity contribution in [3.63, 3.8) is 0 Å². The summed E-state index contributed by atoms with van der Waals surface area (Å²) in [4.78, 5) is 18.0. The molecule has 2 aromatic carbocycles. The van der Waals surface area contributed by atoms with E-state index in [0.29, 0.717) is 31.9 Å². The van der Waals surface area contributed by atoms with Crippen LogP contribution in [0.5, 0.6) is 0 Å². The number of para-hydroxylation sites is 1. The fourth-order valence-corrected chi connectivity index (χ4v) is 5.09. The topological polar surface area (TPSA) is 28.5 Å². The minimum Gasteiger partial charge on any atom is -0.368 e. The number of carbonyl (C=O) groups excluding carboxylic acids is 1. The highest BCUT2D eigenvalue weighted by molar-refractivity contribution is 7.13. The van der Waals surface area contributed by atoms with Crippen molar-refractivity contribution >= 4 is 33.8 Å². The molecule has 0 atom stereocenters. The third-order valence-corrected chi connectivity index (χ3v) is 6.94. The van der Waals surface area contributed by atoms with Crippen LogP contribution in [0.2, 0.25) is 0 Å². The molecule has 1 fully saturated rings. The first kappa shape index (κ1) is 21.6. The number of fused-ring (bicyclic) bond motifs is 1. The van der Waals surface area contributed by atoms with Crippen LogP contribution in [0.3, 0.4) is 0 Å². The smallest absolute Gasteiger partial charge is 0.368 e. The third kappa shape index (κ3) is 4.35. The van der Waals surface area contributed by atoms with Crippen molar-refractivity contribution in [1.29, 1.82) is 0 Å². The Bertz CT molecular complexity index is 1270. The number of hydrogen-bond donors (Lipinski definition) is 0. The van der Waals surface area contributed by atoms with Crippen LogP contribution in [0.25, 0.3) is 21.5 Å². The fourth-order valence-electron chi connectivity index (χ4n) is 4.34. The van der Waals surface area contributed by atoms with E-state index in [2.05, 4.69) is 10.6 Å². The Labute approximate surface area is 193 Å². The van der Waals surface area contributed by atoms with E-state index < -0.39 is 11.7 Å². The Hall–Kier alpha value is -3.26. The van der Waals surface area contributed by atoms with Crippen molar-refractivity contribution in [1.82, 2.24) is 9.47 Å². The van der Waals surface area contributed by atoms with Crippen molar-refractivity contribution in [2.75, 3.05) is 31.1 Å². The first-order valence-corrected chi connectivity index (χ1v) is 11.6. The molecule has 33 heavy (non-hydrogen) atoms. The van der Waals surface area contributed by atoms with E-state index in [9.17, 15) is 18.0 Å². The second-order valence-electron chi connectivity index (χ2n) is 8.07. The number of rotatable bonds is 4. The number of amides is 1. The lowest BCUT2D eigenvalue weighted by atomic mass is 10.1. The van der Waals surface area contributed by atoms with Gasteiger partial charge in [-0.05, 0) is 41.8 Å². The molecule has 0 N–H and O–H groups in total. The molecule has 170 valence electrons. The monoisotopic (exact) mass is 469 g/mol. The van der Waals surface area contributed by atoms with Gasteiger partial charge in [0.15, 0.2) is 0 Å². The second kappa shape index (κ2) is 8.59. The summed E-state index contributed by atoms with van der Waals surface area (Å²) in [5.41, 5.74) is 1.91. The van der Waals surface area contributed by atoms with E-state index in [1.165, 1.54) is 12.1 Å². The minimum atomic E-state index is -4.37. The van der Waals surface area contributed by atoms with Crippen LogP contribution in [0, 0.1) is 0 Å². The summed E-state index contributed by atoms with van der Waals surface area (Å²) < 4.78 is 41.2. The van der Waals surface area contributed by atoms with Gasteiger partial charge in [0, 0.05) is 42.8 Å². The average molecular weight is 470 g/mol. The van der Waals surface area contributed by atoms with Crippen molar-refractivity contribution in [2.24, 2.45) is 0 Å². The standard InChI is InChI=1S/C25H22F3N3OS/c26-25(27,28)19-6-3-7-20(16-19)29-10-12-30(13-11-29)24(32)17-31-21-8-2-1-5-18(21)15-22(31)23-9-4-14-33-23/h1-9,14-16H,10-13,17H2. The zero-order chi connectivity index (χ0) is 23.0. The number of hydrogen-bond acceptors (Lipinski definition) is 3. The summed E-state index contributed by atoms with van der Waals surface area (Å²) in [5.74, 6) is 0.0119. The van der Waals surface area contributed by atoms with Crippen LogP contribution in [0.1, 0.15) is 5.56 Å². The number of aromatic nitrogens is 1. The number of alkyl halides is 3. The number of anilines is 1. The molecule has 0 bridgehead atoms. The van der Waals surface area contributed by atoms with Crippen molar-refractivity contribution < 1.29 is 18.0 Å². The molecular formula is C25H22F3N3OS. The van der Waals surface area contributed by atoms with Crippen molar-refractivity contribution in [2.45, 2.75) is 12.7 Å². The van der Waals surface area contributed by atoms with E-state index in [1.54, 1.807) is 22.3 Å². The maximum absolute atomic E-state index is 13.2. The number of nitrogens with zero attached hydrogens (tertiary/aromatic N) is 3. The molecule has 5 rings (SSSR count). The van der Waals surface area contributed by atoms with Gasteiger partial charge in [-0.2, -0.15) is 13.2 Å². The quantitative estimate of drug-likeness (QED) is 0.382. The van der Waals surface area contributed by atoms with E-state index in [4.69, 9.17) is 0 Å². The molecule has 4 nitrogen and oxygen atoms in total. The Kier molecular flexibility index (Phi) is 5.62. The third-order valence-electron chi connectivity index (χ3n) is 6.05. The Balaban J connectivity index is 1.31. The van der Waals surface area contributed by atoms with Gasteiger partial charge >= 0.3 is 6.18 Å². The zero-order valence-electron chi connectivity index (χ0n) is 17.8. The summed E-state index contributed by atoms with van der Waals surface area (Å²) >= 11 is 1.64. The highest BCUT2D eigenvalue weighted by atomic mass is 32.1. The summed E-state index contributed by atoms with van der Waals surface area (Å²) in [5, 5.41) is 3.11. The first-order valence-electron chi connectivity index (χ1n) is 10.7. The molecule has 0 aliphatic carbocycles. The molecule has 0 unspecified atom stereocenters. The van der Waals surface area contributed by atoms with Crippen molar-refractivity contribution in [3.05, 3.63) is 77.7 Å². The predicted molar refractivity (Wildman–Crippen MR) is 125 cm³/mol. The maximum atomic E-state index is 13.2. The minimum absolute atomic E-state index is 0.0119. The number of thiophene rings is 1. The molecule has 1 saturated heterocycles. The summed E-state index contributed by atoms with van der Waals surface area (Å²) in [6.45, 7) is 2.17. The molecule has 8 heteroatoms. The molecule has 0 radical (unpaired) electrons. The lowest BCUT2D eigenvalue weighted by Gasteiger charge is -2.36. The fraction of sp³-hybridized carbons (Fsp3) is 0.240. The van der Waals surface area contributed by atoms with Crippen molar-refractivity contribution in [3.8, 4) is 10.6 Å². The lowest BCUT2D eigenvalue weighted by molar-refractivity contribution is -0.137. The maximum Gasteiger partial charge on any atom is 0.416 e. The number of carbonyl (C=O) groups is 1. The van der Waals surface area contributed by atoms with Crippen LogP contribution in [0.4, 0.5) is 18.9 Å². The molecule has 4 aromatic rings. The van der Waals surface area contributed by atoms with Crippen LogP contribution < -0.4 is 4.90 Å². The van der Waals surface area contributed by atoms with E-state index >= 15 is 0 Å². The van der Waals surface area contributed by atoms with Crippen LogP contribution >= 0.6 is 11.3 Å². The van der Waals surface area contributed by atoms with Crippen LogP contribution in [0.15, 0.2) is 72.1 Å². The Morgan fingerprint density at radius 2 is 1.70 bits per heavy atom. The van der Waals surface area contributed by atoms with Gasteiger partial charge in [-0.1, -0.05) is 30.3 Å². The molecular weight excluding hydrogens is 447 g/mol. The lowest BCUT2D eigenvalue weighted by Crippen LogP contribution is -2.49. The Morgan fingerprint density at radius 1 is 0.909 bits per heavy atom. The van der Waals surface area contributed by atoms with Gasteiger partial charge in [-0.3, -0.25) is 4.79 Å². The number of halogens is 3. The van der Waals surface area contributed by atoms with Gasteiger partial charge in [-0.15, -0.1) is 11.3 Å². The molecule has 1 aliphatic rings. The van der Waals surface area contributed by atoms with Gasteiger partial charge in [0.25, 0.3) is 0 Å². The normalized spacial score (nSPS) is 14.8. The van der Waals surface area contributed by atoms with E-state index in [-0.39, 0.29) is 12.5 Å². The molecule has 3 heterocycles. The van der Waals surface area contributed by atoms with E-state index in [0.717, 1.165) is 27.5 Å². The summed E-state index contributed by atoms with van der Waals surface area (Å²) in [6, 6.07) is 19.5. The number of piperazine rings is 1. The highest BCUT2D eigenvalue weighted by Crippen LogP contribution is 2.33. The van der Waals surface area contributed by atoms with E-state index in [1.807, 2.05) is 46.7 Å². The van der Waals surface area contributed by atoms with Gasteiger partial charge in [0.2, 0.25) is 5.91 Å². The highest BCUT2D eigenvalue weighted by Gasteiger charge is 2.31. The Morgan fingerprint density at radius 3 is 2.42 bits per heavy atom.